The van der Waals surface area contributed by atoms with Crippen molar-refractivity contribution >= 4 is 5.91 Å². The monoisotopic (exact) mass is 172 g/mol. The fraction of sp³-hybridized carbons (Fsp3) is 0.889. The quantitative estimate of drug-likeness (QED) is 0.657. The van der Waals surface area contributed by atoms with Crippen LogP contribution in [0.25, 0.3) is 0 Å². The lowest BCUT2D eigenvalue weighted by Gasteiger charge is -2.22. The molecule has 0 spiro atoms. The second-order valence-corrected chi connectivity index (χ2v) is 3.68. The number of nitrogens with one attached hydrogen (secondary N) is 1. The molecule has 0 aliphatic rings. The van der Waals surface area contributed by atoms with Gasteiger partial charge in [-0.1, -0.05) is 20.8 Å². The summed E-state index contributed by atoms with van der Waals surface area (Å²) in [5.41, 5.74) is 5.88. The number of amides is 1. The highest BCUT2D eigenvalue weighted by atomic mass is 16.1. The molecule has 0 aromatic carbocycles. The highest BCUT2D eigenvalue weighted by molar-refractivity contribution is 5.75. The van der Waals surface area contributed by atoms with E-state index in [2.05, 4.69) is 19.2 Å². The maximum atomic E-state index is 11.0. The molecule has 0 aliphatic carbocycles. The molecular formula is C9H20N2O. The van der Waals surface area contributed by atoms with Gasteiger partial charge in [0.05, 0.1) is 0 Å². The molecule has 12 heavy (non-hydrogen) atoms. The largest absolute Gasteiger partial charge is 0.359 e. The molecule has 1 amide bonds. The highest BCUT2D eigenvalue weighted by Crippen LogP contribution is 2.13. The molecule has 0 bridgehead atoms. The standard InChI is InChI=1S/C9H20N2O/c1-6(2)9(10)7(3)5-8(12)11-4/h6-7,9H,5,10H2,1-4H3,(H,11,12)/t7-,9+/m1/s1. The van der Waals surface area contributed by atoms with E-state index in [4.69, 9.17) is 5.73 Å². The van der Waals surface area contributed by atoms with Gasteiger partial charge in [-0.2, -0.15) is 0 Å². The summed E-state index contributed by atoms with van der Waals surface area (Å²) in [6, 6.07) is 0.113. The fourth-order valence-electron chi connectivity index (χ4n) is 1.19. The minimum atomic E-state index is 0.0681. The average molecular weight is 172 g/mol. The van der Waals surface area contributed by atoms with Gasteiger partial charge in [0.15, 0.2) is 0 Å². The van der Waals surface area contributed by atoms with Gasteiger partial charge in [0, 0.05) is 19.5 Å². The summed E-state index contributed by atoms with van der Waals surface area (Å²) in [6.45, 7) is 6.16. The van der Waals surface area contributed by atoms with Gasteiger partial charge in [0.1, 0.15) is 0 Å². The molecule has 3 nitrogen and oxygen atoms in total. The second-order valence-electron chi connectivity index (χ2n) is 3.68. The first-order valence-electron chi connectivity index (χ1n) is 4.45. The Morgan fingerprint density at radius 2 is 1.92 bits per heavy atom. The summed E-state index contributed by atoms with van der Waals surface area (Å²) < 4.78 is 0. The second kappa shape index (κ2) is 5.14. The van der Waals surface area contributed by atoms with Crippen LogP contribution in [-0.4, -0.2) is 19.0 Å². The number of rotatable bonds is 4. The molecular weight excluding hydrogens is 152 g/mol. The van der Waals surface area contributed by atoms with Crippen LogP contribution in [-0.2, 0) is 4.79 Å². The van der Waals surface area contributed by atoms with Gasteiger partial charge in [-0.25, -0.2) is 0 Å². The highest BCUT2D eigenvalue weighted by Gasteiger charge is 2.18. The van der Waals surface area contributed by atoms with Crippen molar-refractivity contribution in [2.75, 3.05) is 7.05 Å². The number of hydrogen-bond donors (Lipinski definition) is 2. The van der Waals surface area contributed by atoms with Crippen molar-refractivity contribution in [3.63, 3.8) is 0 Å². The minimum absolute atomic E-state index is 0.0681. The van der Waals surface area contributed by atoms with Crippen LogP contribution >= 0.6 is 0 Å². The van der Waals surface area contributed by atoms with Crippen LogP contribution in [0.15, 0.2) is 0 Å². The van der Waals surface area contributed by atoms with Gasteiger partial charge in [0.25, 0.3) is 0 Å². The lowest BCUT2D eigenvalue weighted by atomic mass is 9.90. The lowest BCUT2D eigenvalue weighted by molar-refractivity contribution is -0.121. The third-order valence-corrected chi connectivity index (χ3v) is 2.21. The van der Waals surface area contributed by atoms with Crippen LogP contribution in [0.3, 0.4) is 0 Å². The number of hydrogen-bond acceptors (Lipinski definition) is 2. The molecule has 0 aliphatic heterocycles. The summed E-state index contributed by atoms with van der Waals surface area (Å²) in [6.07, 6.45) is 0.524. The van der Waals surface area contributed by atoms with Crippen molar-refractivity contribution in [1.29, 1.82) is 0 Å². The predicted octanol–water partition coefficient (Wildman–Crippen LogP) is 0.742. The number of carbonyl (C=O) groups excluding carboxylic acids is 1. The van der Waals surface area contributed by atoms with Gasteiger partial charge < -0.3 is 11.1 Å². The Labute approximate surface area is 74.7 Å². The minimum Gasteiger partial charge on any atom is -0.359 e. The van der Waals surface area contributed by atoms with E-state index in [0.29, 0.717) is 12.3 Å². The summed E-state index contributed by atoms with van der Waals surface area (Å²) in [5, 5.41) is 2.60. The van der Waals surface area contributed by atoms with E-state index < -0.39 is 0 Å². The molecule has 0 fully saturated rings. The molecule has 0 rings (SSSR count). The maximum absolute atomic E-state index is 11.0. The Morgan fingerprint density at radius 3 is 2.25 bits per heavy atom. The zero-order chi connectivity index (χ0) is 9.72. The van der Waals surface area contributed by atoms with Crippen LogP contribution in [0.2, 0.25) is 0 Å². The van der Waals surface area contributed by atoms with Crippen LogP contribution < -0.4 is 11.1 Å². The zero-order valence-corrected chi connectivity index (χ0v) is 8.42. The van der Waals surface area contributed by atoms with E-state index >= 15 is 0 Å². The Hall–Kier alpha value is -0.570. The molecule has 72 valence electrons. The molecule has 0 saturated carbocycles. The molecule has 0 aromatic heterocycles. The normalized spacial score (nSPS) is 15.8. The summed E-state index contributed by atoms with van der Waals surface area (Å²) in [5.74, 6) is 0.758. The van der Waals surface area contributed by atoms with Crippen LogP contribution in [0, 0.1) is 11.8 Å². The van der Waals surface area contributed by atoms with Crippen LogP contribution in [0.4, 0.5) is 0 Å². The van der Waals surface area contributed by atoms with Crippen LogP contribution in [0.1, 0.15) is 27.2 Å². The lowest BCUT2D eigenvalue weighted by Crippen LogP contribution is -2.36. The third-order valence-electron chi connectivity index (χ3n) is 2.21. The zero-order valence-electron chi connectivity index (χ0n) is 8.42. The first-order valence-corrected chi connectivity index (χ1v) is 4.45. The molecule has 0 heterocycles. The average Bonchev–Trinajstić information content (AvgIpc) is 2.02. The smallest absolute Gasteiger partial charge is 0.220 e. The predicted molar refractivity (Wildman–Crippen MR) is 50.7 cm³/mol. The molecule has 0 radical (unpaired) electrons. The van der Waals surface area contributed by atoms with Crippen molar-refractivity contribution in [2.24, 2.45) is 17.6 Å². The van der Waals surface area contributed by atoms with Gasteiger partial charge >= 0.3 is 0 Å². The Kier molecular flexibility index (Phi) is 4.90. The molecule has 0 unspecified atom stereocenters. The van der Waals surface area contributed by atoms with Gasteiger partial charge in [-0.15, -0.1) is 0 Å². The SMILES string of the molecule is CNC(=O)C[C@@H](C)[C@@H](N)C(C)C. The van der Waals surface area contributed by atoms with Gasteiger partial charge in [-0.05, 0) is 11.8 Å². The summed E-state index contributed by atoms with van der Waals surface area (Å²) >= 11 is 0. The van der Waals surface area contributed by atoms with Crippen molar-refractivity contribution in [2.45, 2.75) is 33.2 Å². The fourth-order valence-corrected chi connectivity index (χ4v) is 1.19. The summed E-state index contributed by atoms with van der Waals surface area (Å²) in [7, 11) is 1.65. The van der Waals surface area contributed by atoms with Crippen molar-refractivity contribution in [3.05, 3.63) is 0 Å². The van der Waals surface area contributed by atoms with Gasteiger partial charge in [-0.3, -0.25) is 4.79 Å². The Bertz CT molecular complexity index is 145. The third kappa shape index (κ3) is 3.72. The first-order chi connectivity index (χ1) is 5.49. The van der Waals surface area contributed by atoms with E-state index in [1.165, 1.54) is 0 Å². The van der Waals surface area contributed by atoms with Crippen LogP contribution in [0.5, 0.6) is 0 Å². The van der Waals surface area contributed by atoms with Crippen molar-refractivity contribution < 1.29 is 4.79 Å². The van der Waals surface area contributed by atoms with E-state index in [9.17, 15) is 4.79 Å². The van der Waals surface area contributed by atoms with Crippen molar-refractivity contribution in [1.82, 2.24) is 5.32 Å². The Morgan fingerprint density at radius 1 is 1.42 bits per heavy atom. The van der Waals surface area contributed by atoms with Crippen molar-refractivity contribution in [3.8, 4) is 0 Å². The Balaban J connectivity index is 3.86. The van der Waals surface area contributed by atoms with E-state index in [1.54, 1.807) is 7.05 Å². The molecule has 3 N–H and O–H groups in total. The van der Waals surface area contributed by atoms with E-state index in [0.717, 1.165) is 0 Å². The van der Waals surface area contributed by atoms with E-state index in [1.807, 2.05) is 6.92 Å². The number of carbonyl (C=O) groups is 1. The molecule has 0 saturated heterocycles. The number of nitrogens with two attached hydrogens (primary N) is 1. The summed E-state index contributed by atoms with van der Waals surface area (Å²) in [4.78, 5) is 11.0. The topological polar surface area (TPSA) is 55.1 Å². The molecule has 2 atom stereocenters. The molecule has 0 aromatic rings. The first kappa shape index (κ1) is 11.4. The van der Waals surface area contributed by atoms with E-state index in [-0.39, 0.29) is 17.9 Å². The maximum Gasteiger partial charge on any atom is 0.220 e. The molecule has 3 heteroatoms. The van der Waals surface area contributed by atoms with Gasteiger partial charge in [0.2, 0.25) is 5.91 Å².